The number of hydrogen-bond acceptors (Lipinski definition) is 6. The summed E-state index contributed by atoms with van der Waals surface area (Å²) in [7, 11) is 0. The molecule has 3 rings (SSSR count). The van der Waals surface area contributed by atoms with Gasteiger partial charge in [0.05, 0.1) is 17.4 Å². The van der Waals surface area contributed by atoms with Crippen molar-refractivity contribution >= 4 is 35.0 Å². The van der Waals surface area contributed by atoms with Crippen molar-refractivity contribution in [2.45, 2.75) is 51.6 Å². The summed E-state index contributed by atoms with van der Waals surface area (Å²) in [5.41, 5.74) is 0.826. The molecule has 6 N–H and O–H groups in total. The van der Waals surface area contributed by atoms with Crippen LogP contribution in [0, 0.1) is 11.7 Å². The van der Waals surface area contributed by atoms with Crippen molar-refractivity contribution in [3.63, 3.8) is 0 Å². The molecule has 1 aliphatic carbocycles. The van der Waals surface area contributed by atoms with Crippen molar-refractivity contribution in [3.8, 4) is 0 Å². The lowest BCUT2D eigenvalue weighted by atomic mass is 9.85. The van der Waals surface area contributed by atoms with Gasteiger partial charge in [-0.05, 0) is 43.9 Å². The van der Waals surface area contributed by atoms with E-state index >= 15 is 0 Å². The zero-order chi connectivity index (χ0) is 24.7. The third-order valence-electron chi connectivity index (χ3n) is 5.82. The predicted octanol–water partition coefficient (Wildman–Crippen LogP) is 1.57. The maximum atomic E-state index is 13.2. The van der Waals surface area contributed by atoms with E-state index in [9.17, 15) is 18.8 Å². The second-order valence-corrected chi connectivity index (χ2v) is 9.19. The summed E-state index contributed by atoms with van der Waals surface area (Å²) in [6, 6.07) is 4.06. The molecule has 0 saturated heterocycles. The highest BCUT2D eigenvalue weighted by atomic mass is 35.5. The first kappa shape index (κ1) is 25.8. The fraction of sp³-hybridized carbons (Fsp3) is 0.522. The monoisotopic (exact) mass is 494 g/mol. The molecule has 0 spiro atoms. The zero-order valence-electron chi connectivity index (χ0n) is 19.4. The van der Waals surface area contributed by atoms with E-state index in [2.05, 4.69) is 31.9 Å². The van der Waals surface area contributed by atoms with Gasteiger partial charge in [0.2, 0.25) is 5.91 Å². The van der Waals surface area contributed by atoms with Crippen LogP contribution in [0.3, 0.4) is 0 Å². The minimum atomic E-state index is -0.468. The molecule has 1 aromatic carbocycles. The normalized spacial score (nSPS) is 19.9. The van der Waals surface area contributed by atoms with Crippen LogP contribution in [-0.2, 0) is 14.4 Å². The average molecular weight is 495 g/mol. The molecule has 1 aromatic rings. The Morgan fingerprint density at radius 1 is 1.06 bits per heavy atom. The van der Waals surface area contributed by atoms with Gasteiger partial charge in [0.15, 0.2) is 0 Å². The molecule has 3 amide bonds. The standard InChI is InChI=1S/C23H32ClFN6O3/c1-13(2)26-9-10-27-22(33)19-20(29-12-28-19)23(34)30-16-6-3-14(4-7-16)21(32)31-18-8-5-15(25)11-17(18)24/h5,8,11,13-14,16,26,28-29H,3-4,6-7,9-10,12H2,1-2H3,(H,27,33)(H,30,34)(H,31,32)/t14-,16-. The smallest absolute Gasteiger partial charge is 0.269 e. The Labute approximate surface area is 203 Å². The van der Waals surface area contributed by atoms with Crippen LogP contribution in [0.1, 0.15) is 39.5 Å². The van der Waals surface area contributed by atoms with Crippen molar-refractivity contribution in [1.29, 1.82) is 0 Å². The summed E-state index contributed by atoms with van der Waals surface area (Å²) in [5, 5.41) is 17.7. The van der Waals surface area contributed by atoms with Crippen LogP contribution in [0.2, 0.25) is 5.02 Å². The Bertz CT molecular complexity index is 947. The van der Waals surface area contributed by atoms with Crippen LogP contribution in [-0.4, -0.2) is 49.6 Å². The predicted molar refractivity (Wildman–Crippen MR) is 128 cm³/mol. The fourth-order valence-corrected chi connectivity index (χ4v) is 4.21. The molecular formula is C23H32ClFN6O3. The molecule has 0 atom stereocenters. The molecule has 0 unspecified atom stereocenters. The molecule has 1 aliphatic heterocycles. The van der Waals surface area contributed by atoms with E-state index in [-0.39, 0.29) is 46.1 Å². The number of nitrogens with one attached hydrogen (secondary N) is 6. The summed E-state index contributed by atoms with van der Waals surface area (Å²) in [5.74, 6) is -1.54. The highest BCUT2D eigenvalue weighted by molar-refractivity contribution is 6.33. The molecule has 1 saturated carbocycles. The van der Waals surface area contributed by atoms with Crippen molar-refractivity contribution in [1.82, 2.24) is 26.6 Å². The summed E-state index contributed by atoms with van der Waals surface area (Å²) >= 11 is 5.99. The lowest BCUT2D eigenvalue weighted by Crippen LogP contribution is -2.42. The molecule has 186 valence electrons. The van der Waals surface area contributed by atoms with Crippen LogP contribution >= 0.6 is 11.6 Å². The van der Waals surface area contributed by atoms with Crippen LogP contribution < -0.4 is 31.9 Å². The van der Waals surface area contributed by atoms with Crippen molar-refractivity contribution < 1.29 is 18.8 Å². The largest absolute Gasteiger partial charge is 0.362 e. The highest BCUT2D eigenvalue weighted by Gasteiger charge is 2.30. The highest BCUT2D eigenvalue weighted by Crippen LogP contribution is 2.28. The summed E-state index contributed by atoms with van der Waals surface area (Å²) in [4.78, 5) is 37.8. The number of anilines is 1. The minimum Gasteiger partial charge on any atom is -0.362 e. The van der Waals surface area contributed by atoms with E-state index in [1.807, 2.05) is 13.8 Å². The van der Waals surface area contributed by atoms with Gasteiger partial charge >= 0.3 is 0 Å². The zero-order valence-corrected chi connectivity index (χ0v) is 20.2. The van der Waals surface area contributed by atoms with E-state index in [4.69, 9.17) is 11.6 Å². The number of benzene rings is 1. The van der Waals surface area contributed by atoms with E-state index in [0.29, 0.717) is 57.2 Å². The molecule has 0 aromatic heterocycles. The lowest BCUT2D eigenvalue weighted by molar-refractivity contribution is -0.122. The van der Waals surface area contributed by atoms with Crippen molar-refractivity contribution in [2.24, 2.45) is 5.92 Å². The molecule has 1 fully saturated rings. The SMILES string of the molecule is CC(C)NCCNC(=O)C1=C(C(=O)N[C@H]2CC[C@H](C(=O)Nc3ccc(F)cc3Cl)CC2)NCN1. The Hall–Kier alpha value is -2.85. The number of carbonyl (C=O) groups excluding carboxylic acids is 3. The topological polar surface area (TPSA) is 123 Å². The lowest BCUT2D eigenvalue weighted by Gasteiger charge is -2.28. The first-order chi connectivity index (χ1) is 16.2. The number of hydrogen-bond donors (Lipinski definition) is 6. The first-order valence-corrected chi connectivity index (χ1v) is 11.9. The molecule has 34 heavy (non-hydrogen) atoms. The maximum Gasteiger partial charge on any atom is 0.269 e. The van der Waals surface area contributed by atoms with Gasteiger partial charge in [-0.15, -0.1) is 0 Å². The van der Waals surface area contributed by atoms with E-state index in [1.165, 1.54) is 12.1 Å². The average Bonchev–Trinajstić information content (AvgIpc) is 3.29. The molecule has 0 radical (unpaired) electrons. The number of carbonyl (C=O) groups is 3. The van der Waals surface area contributed by atoms with Gasteiger partial charge in [-0.2, -0.15) is 0 Å². The molecule has 1 heterocycles. The van der Waals surface area contributed by atoms with Crippen LogP contribution in [0.5, 0.6) is 0 Å². The second kappa shape index (κ2) is 12.0. The summed E-state index contributed by atoms with van der Waals surface area (Å²) in [6.45, 7) is 5.43. The quantitative estimate of drug-likeness (QED) is 0.290. The van der Waals surface area contributed by atoms with Crippen molar-refractivity contribution in [3.05, 3.63) is 40.4 Å². The van der Waals surface area contributed by atoms with Gasteiger partial charge in [0.25, 0.3) is 11.8 Å². The molecule has 9 nitrogen and oxygen atoms in total. The second-order valence-electron chi connectivity index (χ2n) is 8.78. The van der Waals surface area contributed by atoms with Crippen LogP contribution in [0.4, 0.5) is 10.1 Å². The summed E-state index contributed by atoms with van der Waals surface area (Å²) in [6.07, 6.45) is 2.45. The molecule has 0 bridgehead atoms. The van der Waals surface area contributed by atoms with E-state index in [0.717, 1.165) is 6.07 Å². The van der Waals surface area contributed by atoms with Crippen LogP contribution in [0.15, 0.2) is 29.6 Å². The molecular weight excluding hydrogens is 463 g/mol. The Kier molecular flexibility index (Phi) is 9.12. The number of halogens is 2. The van der Waals surface area contributed by atoms with Gasteiger partial charge in [0.1, 0.15) is 17.2 Å². The van der Waals surface area contributed by atoms with Gasteiger partial charge in [0, 0.05) is 31.1 Å². The third kappa shape index (κ3) is 7.07. The van der Waals surface area contributed by atoms with Crippen molar-refractivity contribution in [2.75, 3.05) is 25.1 Å². The minimum absolute atomic E-state index is 0.0968. The summed E-state index contributed by atoms with van der Waals surface area (Å²) < 4.78 is 13.2. The molecule has 11 heteroatoms. The van der Waals surface area contributed by atoms with E-state index < -0.39 is 5.82 Å². The Morgan fingerprint density at radius 3 is 2.38 bits per heavy atom. The van der Waals surface area contributed by atoms with Gasteiger partial charge in [-0.25, -0.2) is 4.39 Å². The van der Waals surface area contributed by atoms with E-state index in [1.54, 1.807) is 0 Å². The fourth-order valence-electron chi connectivity index (χ4n) is 3.99. The van der Waals surface area contributed by atoms with Crippen LogP contribution in [0.25, 0.3) is 0 Å². The third-order valence-corrected chi connectivity index (χ3v) is 6.13. The first-order valence-electron chi connectivity index (χ1n) is 11.5. The van der Waals surface area contributed by atoms with Gasteiger partial charge < -0.3 is 31.9 Å². The van der Waals surface area contributed by atoms with Gasteiger partial charge in [-0.1, -0.05) is 25.4 Å². The number of amides is 3. The number of rotatable bonds is 9. The Morgan fingerprint density at radius 2 is 1.74 bits per heavy atom. The maximum absolute atomic E-state index is 13.2. The molecule has 2 aliphatic rings. The van der Waals surface area contributed by atoms with Gasteiger partial charge in [-0.3, -0.25) is 14.4 Å². The Balaban J connectivity index is 1.47.